The van der Waals surface area contributed by atoms with Gasteiger partial charge in [0, 0.05) is 36.9 Å². The highest BCUT2D eigenvalue weighted by molar-refractivity contribution is 7.91. The van der Waals surface area contributed by atoms with Gasteiger partial charge in [-0.1, -0.05) is 19.1 Å². The summed E-state index contributed by atoms with van der Waals surface area (Å²) in [5, 5.41) is 5.87. The van der Waals surface area contributed by atoms with Crippen molar-refractivity contribution in [1.82, 2.24) is 25.2 Å². The van der Waals surface area contributed by atoms with Gasteiger partial charge < -0.3 is 34.5 Å². The van der Waals surface area contributed by atoms with E-state index < -0.39 is 86.1 Å². The van der Waals surface area contributed by atoms with Crippen LogP contribution in [0.25, 0.3) is 10.8 Å². The number of rotatable bonds is 9. The number of nitrogens with one attached hydrogen (secondary N) is 3. The van der Waals surface area contributed by atoms with Crippen LogP contribution in [0.5, 0.6) is 11.6 Å². The number of aromatic nitrogens is 1. The van der Waals surface area contributed by atoms with Crippen LogP contribution in [0, 0.1) is 23.6 Å². The van der Waals surface area contributed by atoms with Crippen molar-refractivity contribution in [2.75, 3.05) is 27.4 Å². The second kappa shape index (κ2) is 16.2. The van der Waals surface area contributed by atoms with Crippen LogP contribution in [0.2, 0.25) is 0 Å². The van der Waals surface area contributed by atoms with Crippen LogP contribution in [0.15, 0.2) is 36.5 Å². The monoisotopic (exact) mass is 801 g/mol. The zero-order valence-corrected chi connectivity index (χ0v) is 33.4. The maximum absolute atomic E-state index is 14.9. The number of halogens is 1. The summed E-state index contributed by atoms with van der Waals surface area (Å²) < 4.78 is 65.5. The first-order chi connectivity index (χ1) is 26.4. The van der Waals surface area contributed by atoms with Crippen molar-refractivity contribution in [3.63, 3.8) is 0 Å². The predicted octanol–water partition coefficient (Wildman–Crippen LogP) is 3.75. The molecular weight excluding hydrogens is 750 g/mol. The molecule has 7 atom stereocenters. The number of alkyl carbamates (subject to hydrolysis) is 1. The number of methoxy groups -OCH3 is 2. The Bertz CT molecular complexity index is 1990. The van der Waals surface area contributed by atoms with Gasteiger partial charge in [-0.15, -0.1) is 0 Å². The lowest BCUT2D eigenvalue weighted by Gasteiger charge is -2.34. The summed E-state index contributed by atoms with van der Waals surface area (Å²) in [7, 11) is -1.08. The van der Waals surface area contributed by atoms with Crippen LogP contribution in [0.3, 0.4) is 0 Å². The summed E-state index contributed by atoms with van der Waals surface area (Å²) in [5.41, 5.74) is -2.45. The Labute approximate surface area is 326 Å². The largest absolute Gasteiger partial charge is 0.494 e. The number of allylic oxidation sites excluding steroid dienone is 1. The van der Waals surface area contributed by atoms with Crippen molar-refractivity contribution in [3.8, 4) is 11.6 Å². The Balaban J connectivity index is 1.38. The summed E-state index contributed by atoms with van der Waals surface area (Å²) in [6.45, 7) is 7.09. The number of nitrogens with zero attached hydrogens (tertiary/aromatic N) is 2. The molecule has 4 aliphatic rings. The molecule has 56 heavy (non-hydrogen) atoms. The standard InChI is InChI=1S/C39H52FN5O10S/c1-22-9-7-8-10-25-19-39(25,36(48)44-56(50,51)27-11-12-27)43-33(46)30-17-26(54-34-28-18-29(40)31(53-6)16-23(28)13-14-41-34)20-45(30)35(47)32(24(15-22)21-52-5)42-37(49)55-38(2,3)4/h8,10,13-14,16,18,22,24-27,30,32H,7,9,11-12,15,17,19-21H2,1-6H3,(H,42,49)(H,43,46)(H,44,48). The number of hydrogen-bond donors (Lipinski definition) is 3. The number of pyridine rings is 1. The van der Waals surface area contributed by atoms with Gasteiger partial charge in [-0.3, -0.25) is 19.1 Å². The highest BCUT2D eigenvalue weighted by Gasteiger charge is 2.62. The molecule has 0 radical (unpaired) electrons. The van der Waals surface area contributed by atoms with Crippen molar-refractivity contribution in [1.29, 1.82) is 0 Å². The third-order valence-electron chi connectivity index (χ3n) is 10.8. The van der Waals surface area contributed by atoms with Crippen LogP contribution in [-0.2, 0) is 33.9 Å². The number of amides is 4. The summed E-state index contributed by atoms with van der Waals surface area (Å²) in [5.74, 6) is -3.67. The number of sulfonamides is 1. The summed E-state index contributed by atoms with van der Waals surface area (Å²) >= 11 is 0. The molecule has 4 amide bonds. The van der Waals surface area contributed by atoms with E-state index >= 15 is 0 Å². The minimum atomic E-state index is -3.94. The predicted molar refractivity (Wildman–Crippen MR) is 203 cm³/mol. The van der Waals surface area contributed by atoms with Gasteiger partial charge in [0.15, 0.2) is 11.6 Å². The van der Waals surface area contributed by atoms with E-state index in [9.17, 15) is 32.0 Å². The number of benzene rings is 1. The molecule has 7 unspecified atom stereocenters. The van der Waals surface area contributed by atoms with Crippen molar-refractivity contribution < 1.29 is 50.9 Å². The Morgan fingerprint density at radius 2 is 1.88 bits per heavy atom. The lowest BCUT2D eigenvalue weighted by Crippen LogP contribution is -2.59. The summed E-state index contributed by atoms with van der Waals surface area (Å²) in [6, 6.07) is 1.97. The molecule has 3 fully saturated rings. The van der Waals surface area contributed by atoms with Gasteiger partial charge >= 0.3 is 6.09 Å². The van der Waals surface area contributed by atoms with E-state index in [2.05, 4.69) is 20.3 Å². The van der Waals surface area contributed by atoms with Crippen LogP contribution < -0.4 is 24.8 Å². The van der Waals surface area contributed by atoms with Gasteiger partial charge in [0.25, 0.3) is 5.91 Å². The number of carbonyl (C=O) groups excluding carboxylic acids is 4. The molecule has 2 aliphatic carbocycles. The molecule has 1 saturated heterocycles. The van der Waals surface area contributed by atoms with Crippen molar-refractivity contribution in [2.24, 2.45) is 17.8 Å². The molecule has 306 valence electrons. The Morgan fingerprint density at radius 3 is 2.55 bits per heavy atom. The van der Waals surface area contributed by atoms with E-state index in [4.69, 9.17) is 18.9 Å². The van der Waals surface area contributed by atoms with E-state index in [0.717, 1.165) is 0 Å². The first-order valence-electron chi connectivity index (χ1n) is 19.1. The third-order valence-corrected chi connectivity index (χ3v) is 12.6. The fourth-order valence-corrected chi connectivity index (χ4v) is 9.05. The highest BCUT2D eigenvalue weighted by Crippen LogP contribution is 2.46. The molecule has 6 rings (SSSR count). The quantitative estimate of drug-likeness (QED) is 0.313. The van der Waals surface area contributed by atoms with E-state index in [1.54, 1.807) is 26.8 Å². The minimum Gasteiger partial charge on any atom is -0.494 e. The Hall–Kier alpha value is -4.51. The highest BCUT2D eigenvalue weighted by atomic mass is 32.2. The summed E-state index contributed by atoms with van der Waals surface area (Å²) in [6.07, 6.45) is 6.32. The Kier molecular flexibility index (Phi) is 11.9. The van der Waals surface area contributed by atoms with E-state index in [1.165, 1.54) is 37.4 Å². The lowest BCUT2D eigenvalue weighted by atomic mass is 9.87. The molecule has 17 heteroatoms. The van der Waals surface area contributed by atoms with Crippen molar-refractivity contribution in [2.45, 2.75) is 107 Å². The van der Waals surface area contributed by atoms with Gasteiger partial charge in [-0.25, -0.2) is 22.6 Å². The normalized spacial score (nSPS) is 28.6. The molecule has 2 aromatic rings. The SMILES string of the molecule is COCC1CC(C)CCC=CC2CC2(C(=O)NS(=O)(=O)C2CC2)NC(=O)C2CC(Oc3nccc4cc(OC)c(F)cc34)CN2C(=O)C1NC(=O)OC(C)(C)C. The molecule has 15 nitrogen and oxygen atoms in total. The number of carbonyl (C=O) groups is 4. The van der Waals surface area contributed by atoms with Crippen LogP contribution in [0.1, 0.15) is 72.6 Å². The van der Waals surface area contributed by atoms with Crippen molar-refractivity contribution >= 4 is 44.6 Å². The number of fused-ring (bicyclic) bond motifs is 3. The molecule has 2 aliphatic heterocycles. The number of ether oxygens (including phenoxy) is 4. The van der Waals surface area contributed by atoms with E-state index in [0.29, 0.717) is 42.9 Å². The molecule has 1 aromatic carbocycles. The molecule has 3 N–H and O–H groups in total. The maximum atomic E-state index is 14.9. The average molecular weight is 802 g/mol. The lowest BCUT2D eigenvalue weighted by molar-refractivity contribution is -0.142. The average Bonchev–Trinajstić information content (AvgIpc) is 4.04. The zero-order chi connectivity index (χ0) is 40.6. The topological polar surface area (TPSA) is 192 Å². The smallest absolute Gasteiger partial charge is 0.408 e. The molecule has 1 aromatic heterocycles. The zero-order valence-electron chi connectivity index (χ0n) is 32.6. The first-order valence-corrected chi connectivity index (χ1v) is 20.6. The minimum absolute atomic E-state index is 0.0308. The van der Waals surface area contributed by atoms with E-state index in [-0.39, 0.29) is 43.5 Å². The Morgan fingerprint density at radius 1 is 1.12 bits per heavy atom. The molecular formula is C39H52FN5O10S. The molecule has 0 spiro atoms. The van der Waals surface area contributed by atoms with Gasteiger partial charge in [0.1, 0.15) is 29.3 Å². The fraction of sp³-hybridized carbons (Fsp3) is 0.615. The third kappa shape index (κ3) is 9.20. The second-order valence-corrected chi connectivity index (χ2v) is 18.4. The maximum Gasteiger partial charge on any atom is 0.408 e. The molecule has 2 saturated carbocycles. The molecule has 0 bridgehead atoms. The van der Waals surface area contributed by atoms with Gasteiger partial charge in [0.05, 0.1) is 25.5 Å². The van der Waals surface area contributed by atoms with Gasteiger partial charge in [-0.05, 0) is 88.8 Å². The van der Waals surface area contributed by atoms with Gasteiger partial charge in [-0.2, -0.15) is 0 Å². The second-order valence-electron chi connectivity index (χ2n) is 16.4. The van der Waals surface area contributed by atoms with Gasteiger partial charge in [0.2, 0.25) is 27.7 Å². The van der Waals surface area contributed by atoms with Crippen LogP contribution in [0.4, 0.5) is 9.18 Å². The fourth-order valence-electron chi connectivity index (χ4n) is 7.68. The van der Waals surface area contributed by atoms with Crippen LogP contribution in [-0.4, -0.2) is 104 Å². The van der Waals surface area contributed by atoms with E-state index in [1.807, 2.05) is 19.1 Å². The molecule has 3 heterocycles. The first kappa shape index (κ1) is 41.1. The summed E-state index contributed by atoms with van der Waals surface area (Å²) in [4.78, 5) is 62.2. The van der Waals surface area contributed by atoms with Crippen LogP contribution >= 0.6 is 0 Å². The van der Waals surface area contributed by atoms with Crippen molar-refractivity contribution in [3.05, 3.63) is 42.4 Å². The number of hydrogen-bond acceptors (Lipinski definition) is 11.